The Morgan fingerprint density at radius 1 is 1.43 bits per heavy atom. The maximum atomic E-state index is 5.39. The van der Waals surface area contributed by atoms with Crippen molar-refractivity contribution in [3.8, 4) is 0 Å². The number of nitrogens with zero attached hydrogens (tertiary/aromatic N) is 3. The summed E-state index contributed by atoms with van der Waals surface area (Å²) in [5.74, 6) is 0.724. The van der Waals surface area contributed by atoms with Gasteiger partial charge in [0.1, 0.15) is 11.8 Å². The predicted molar refractivity (Wildman–Crippen MR) is 55.2 cm³/mol. The van der Waals surface area contributed by atoms with E-state index in [-0.39, 0.29) is 0 Å². The lowest BCUT2D eigenvalue weighted by molar-refractivity contribution is 1.17. The first-order valence-corrected chi connectivity index (χ1v) is 4.48. The Hall–Kier alpha value is -1.62. The Kier molecular flexibility index (Phi) is 2.60. The molecule has 14 heavy (non-hydrogen) atoms. The number of imidazole rings is 1. The molecule has 0 radical (unpaired) electrons. The van der Waals surface area contributed by atoms with E-state index in [0.29, 0.717) is 12.2 Å². The van der Waals surface area contributed by atoms with E-state index in [2.05, 4.69) is 25.3 Å². The second-order valence-corrected chi connectivity index (χ2v) is 2.82. The minimum Gasteiger partial charge on any atom is -0.365 e. The normalized spacial score (nSPS) is 11.2. The predicted octanol–water partition coefficient (Wildman–Crippen LogP) is 1.52. The van der Waals surface area contributed by atoms with Crippen LogP contribution in [0.1, 0.15) is 0 Å². The lowest BCUT2D eigenvalue weighted by Gasteiger charge is -2.01. The SMILES string of the molecule is Cl/C=C\CNc1ncnc2nc[nH]c12. The average Bonchev–Trinajstić information content (AvgIpc) is 2.67. The molecule has 0 aliphatic carbocycles. The van der Waals surface area contributed by atoms with Gasteiger partial charge in [0.25, 0.3) is 0 Å². The lowest BCUT2D eigenvalue weighted by Crippen LogP contribution is -2.01. The summed E-state index contributed by atoms with van der Waals surface area (Å²) in [5.41, 5.74) is 2.91. The van der Waals surface area contributed by atoms with E-state index in [1.807, 2.05) is 0 Å². The Morgan fingerprint density at radius 2 is 2.36 bits per heavy atom. The minimum absolute atomic E-state index is 0.620. The molecule has 0 aliphatic rings. The molecule has 0 spiro atoms. The molecular weight excluding hydrogens is 202 g/mol. The van der Waals surface area contributed by atoms with Crippen LogP contribution >= 0.6 is 11.6 Å². The molecule has 6 heteroatoms. The zero-order valence-corrected chi connectivity index (χ0v) is 7.99. The van der Waals surface area contributed by atoms with Crippen LogP contribution in [-0.4, -0.2) is 26.5 Å². The molecule has 2 heterocycles. The lowest BCUT2D eigenvalue weighted by atomic mass is 10.5. The summed E-state index contributed by atoms with van der Waals surface area (Å²) in [6.45, 7) is 0.620. The fraction of sp³-hybridized carbons (Fsp3) is 0.125. The molecule has 2 aromatic rings. The van der Waals surface area contributed by atoms with Gasteiger partial charge in [-0.25, -0.2) is 15.0 Å². The van der Waals surface area contributed by atoms with Gasteiger partial charge in [-0.15, -0.1) is 0 Å². The highest BCUT2D eigenvalue weighted by molar-refractivity contribution is 6.25. The summed E-state index contributed by atoms with van der Waals surface area (Å²) in [5, 5.41) is 3.08. The fourth-order valence-electron chi connectivity index (χ4n) is 1.10. The number of hydrogen-bond donors (Lipinski definition) is 2. The van der Waals surface area contributed by atoms with Crippen LogP contribution < -0.4 is 5.32 Å². The summed E-state index contributed by atoms with van der Waals surface area (Å²) in [4.78, 5) is 15.0. The number of halogens is 1. The summed E-state index contributed by atoms with van der Waals surface area (Å²) < 4.78 is 0. The van der Waals surface area contributed by atoms with Crippen LogP contribution in [0.25, 0.3) is 11.2 Å². The number of aromatic amines is 1. The molecule has 0 fully saturated rings. The quantitative estimate of drug-likeness (QED) is 0.805. The molecule has 0 aliphatic heterocycles. The number of nitrogens with one attached hydrogen (secondary N) is 2. The molecule has 0 atom stereocenters. The van der Waals surface area contributed by atoms with Crippen molar-refractivity contribution in [2.24, 2.45) is 0 Å². The average molecular weight is 210 g/mol. The highest BCUT2D eigenvalue weighted by atomic mass is 35.5. The second-order valence-electron chi connectivity index (χ2n) is 2.57. The van der Waals surface area contributed by atoms with Crippen LogP contribution in [0.2, 0.25) is 0 Å². The summed E-state index contributed by atoms with van der Waals surface area (Å²) in [6, 6.07) is 0. The molecule has 0 aromatic carbocycles. The Bertz CT molecular complexity index is 450. The molecule has 5 nitrogen and oxygen atoms in total. The van der Waals surface area contributed by atoms with Crippen LogP contribution in [0.5, 0.6) is 0 Å². The Morgan fingerprint density at radius 3 is 3.21 bits per heavy atom. The van der Waals surface area contributed by atoms with Crippen LogP contribution in [-0.2, 0) is 0 Å². The topological polar surface area (TPSA) is 66.5 Å². The molecule has 2 rings (SSSR count). The summed E-state index contributed by atoms with van der Waals surface area (Å²) in [6.07, 6.45) is 4.84. The third kappa shape index (κ3) is 1.67. The van der Waals surface area contributed by atoms with Gasteiger partial charge in [-0.2, -0.15) is 0 Å². The van der Waals surface area contributed by atoms with Crippen molar-refractivity contribution in [1.82, 2.24) is 19.9 Å². The van der Waals surface area contributed by atoms with Gasteiger partial charge in [0.05, 0.1) is 6.33 Å². The number of H-pyrrole nitrogens is 1. The van der Waals surface area contributed by atoms with Crippen molar-refractivity contribution in [2.45, 2.75) is 0 Å². The molecule has 0 amide bonds. The fourth-order valence-corrected chi connectivity index (χ4v) is 1.19. The standard InChI is InChI=1S/C8H8ClN5/c9-2-1-3-10-7-6-8(12-4-11-6)14-5-13-7/h1-2,4-5H,3H2,(H2,10,11,12,13,14)/b2-1-. The van der Waals surface area contributed by atoms with Gasteiger partial charge < -0.3 is 10.3 Å². The maximum Gasteiger partial charge on any atom is 0.182 e. The molecule has 0 saturated heterocycles. The number of fused-ring (bicyclic) bond motifs is 1. The number of aromatic nitrogens is 4. The van der Waals surface area contributed by atoms with Crippen molar-refractivity contribution in [3.05, 3.63) is 24.3 Å². The van der Waals surface area contributed by atoms with Crippen molar-refractivity contribution >= 4 is 28.6 Å². The van der Waals surface area contributed by atoms with Crippen LogP contribution in [0.4, 0.5) is 5.82 Å². The molecule has 0 unspecified atom stereocenters. The number of hydrogen-bond acceptors (Lipinski definition) is 4. The first-order chi connectivity index (χ1) is 6.92. The van der Waals surface area contributed by atoms with E-state index >= 15 is 0 Å². The minimum atomic E-state index is 0.620. The van der Waals surface area contributed by atoms with Crippen LogP contribution in [0.3, 0.4) is 0 Å². The third-order valence-electron chi connectivity index (χ3n) is 1.70. The monoisotopic (exact) mass is 209 g/mol. The second kappa shape index (κ2) is 4.06. The third-order valence-corrected chi connectivity index (χ3v) is 1.88. The molecule has 72 valence electrons. The zero-order valence-electron chi connectivity index (χ0n) is 7.24. The van der Waals surface area contributed by atoms with Gasteiger partial charge in [-0.05, 0) is 0 Å². The molecule has 2 N–H and O–H groups in total. The molecule has 0 saturated carbocycles. The Labute approximate surface area is 85.2 Å². The van der Waals surface area contributed by atoms with E-state index in [9.17, 15) is 0 Å². The van der Waals surface area contributed by atoms with E-state index < -0.39 is 0 Å². The van der Waals surface area contributed by atoms with Gasteiger partial charge in [0.15, 0.2) is 11.5 Å². The maximum absolute atomic E-state index is 5.39. The Balaban J connectivity index is 2.27. The highest BCUT2D eigenvalue weighted by Gasteiger charge is 2.03. The van der Waals surface area contributed by atoms with Gasteiger partial charge in [0, 0.05) is 12.1 Å². The van der Waals surface area contributed by atoms with Crippen molar-refractivity contribution < 1.29 is 0 Å². The van der Waals surface area contributed by atoms with Gasteiger partial charge in [-0.1, -0.05) is 17.7 Å². The number of rotatable bonds is 3. The van der Waals surface area contributed by atoms with Crippen molar-refractivity contribution in [1.29, 1.82) is 0 Å². The van der Waals surface area contributed by atoms with E-state index in [1.54, 1.807) is 12.4 Å². The summed E-state index contributed by atoms with van der Waals surface area (Å²) in [7, 11) is 0. The van der Waals surface area contributed by atoms with Gasteiger partial charge >= 0.3 is 0 Å². The van der Waals surface area contributed by atoms with E-state index in [1.165, 1.54) is 11.9 Å². The van der Waals surface area contributed by atoms with E-state index in [4.69, 9.17) is 11.6 Å². The molecule has 2 aromatic heterocycles. The first kappa shape index (κ1) is 8.96. The highest BCUT2D eigenvalue weighted by Crippen LogP contribution is 2.13. The van der Waals surface area contributed by atoms with Gasteiger partial charge in [0.2, 0.25) is 0 Å². The first-order valence-electron chi connectivity index (χ1n) is 4.05. The number of anilines is 1. The summed E-state index contributed by atoms with van der Waals surface area (Å²) >= 11 is 5.39. The van der Waals surface area contributed by atoms with Crippen LogP contribution in [0.15, 0.2) is 24.3 Å². The van der Waals surface area contributed by atoms with Crippen molar-refractivity contribution in [3.63, 3.8) is 0 Å². The van der Waals surface area contributed by atoms with Crippen LogP contribution in [0, 0.1) is 0 Å². The smallest absolute Gasteiger partial charge is 0.182 e. The molecular formula is C8H8ClN5. The van der Waals surface area contributed by atoms with Crippen molar-refractivity contribution in [2.75, 3.05) is 11.9 Å². The zero-order chi connectivity index (χ0) is 9.80. The largest absolute Gasteiger partial charge is 0.365 e. The molecule has 0 bridgehead atoms. The van der Waals surface area contributed by atoms with Gasteiger partial charge in [-0.3, -0.25) is 0 Å². The van der Waals surface area contributed by atoms with E-state index in [0.717, 1.165) is 11.3 Å².